The summed E-state index contributed by atoms with van der Waals surface area (Å²) in [5, 5.41) is 0. The standard InChI is InChI=1S/C20H27N/c1-14-7-8-18(13-15(14)2)20(6,21)17-11-9-16(10-12-17)19(3,4)5/h7-13H,21H2,1-6H3. The maximum absolute atomic E-state index is 6.64. The first kappa shape index (κ1) is 15.8. The second kappa shape index (κ2) is 5.31. The van der Waals surface area contributed by atoms with E-state index in [0.717, 1.165) is 11.1 Å². The Balaban J connectivity index is 2.41. The van der Waals surface area contributed by atoms with Gasteiger partial charge in [-0.2, -0.15) is 0 Å². The molecule has 2 aromatic rings. The van der Waals surface area contributed by atoms with E-state index in [-0.39, 0.29) is 5.41 Å². The Morgan fingerprint density at radius 3 is 1.62 bits per heavy atom. The van der Waals surface area contributed by atoms with Crippen molar-refractivity contribution in [3.8, 4) is 0 Å². The summed E-state index contributed by atoms with van der Waals surface area (Å²) in [5.41, 5.74) is 12.6. The van der Waals surface area contributed by atoms with Crippen molar-refractivity contribution in [2.45, 2.75) is 52.5 Å². The van der Waals surface area contributed by atoms with Crippen molar-refractivity contribution in [1.29, 1.82) is 0 Å². The van der Waals surface area contributed by atoms with Crippen LogP contribution in [0.2, 0.25) is 0 Å². The van der Waals surface area contributed by atoms with E-state index in [9.17, 15) is 0 Å². The zero-order chi connectivity index (χ0) is 15.8. The van der Waals surface area contributed by atoms with Crippen LogP contribution in [0.3, 0.4) is 0 Å². The first-order chi connectivity index (χ1) is 9.62. The molecule has 2 rings (SSSR count). The maximum Gasteiger partial charge on any atom is 0.0637 e. The minimum atomic E-state index is -0.463. The Kier molecular flexibility index (Phi) is 3.99. The predicted molar refractivity (Wildman–Crippen MR) is 91.7 cm³/mol. The Labute approximate surface area is 129 Å². The lowest BCUT2D eigenvalue weighted by atomic mass is 9.81. The first-order valence-corrected chi connectivity index (χ1v) is 7.60. The molecule has 1 heteroatoms. The van der Waals surface area contributed by atoms with E-state index in [1.165, 1.54) is 16.7 Å². The van der Waals surface area contributed by atoms with Gasteiger partial charge in [-0.3, -0.25) is 0 Å². The Bertz CT molecular complexity index is 628. The highest BCUT2D eigenvalue weighted by Crippen LogP contribution is 2.30. The molecule has 2 aromatic carbocycles. The van der Waals surface area contributed by atoms with Crippen molar-refractivity contribution >= 4 is 0 Å². The third-order valence-corrected chi connectivity index (χ3v) is 4.46. The highest BCUT2D eigenvalue weighted by Gasteiger charge is 2.24. The largest absolute Gasteiger partial charge is 0.318 e. The highest BCUT2D eigenvalue weighted by atomic mass is 14.7. The smallest absolute Gasteiger partial charge is 0.0637 e. The molecule has 2 N–H and O–H groups in total. The average Bonchev–Trinajstić information content (AvgIpc) is 2.41. The molecule has 0 aliphatic heterocycles. The van der Waals surface area contributed by atoms with Gasteiger partial charge in [0, 0.05) is 0 Å². The molecule has 1 unspecified atom stereocenters. The fraction of sp³-hybridized carbons (Fsp3) is 0.400. The average molecular weight is 281 g/mol. The van der Waals surface area contributed by atoms with E-state index in [0.29, 0.717) is 0 Å². The van der Waals surface area contributed by atoms with Crippen molar-refractivity contribution in [2.75, 3.05) is 0 Å². The summed E-state index contributed by atoms with van der Waals surface area (Å²) in [6.45, 7) is 13.0. The lowest BCUT2D eigenvalue weighted by Gasteiger charge is -2.28. The van der Waals surface area contributed by atoms with E-state index in [1.807, 2.05) is 0 Å². The van der Waals surface area contributed by atoms with Crippen LogP contribution in [0, 0.1) is 13.8 Å². The van der Waals surface area contributed by atoms with Crippen molar-refractivity contribution in [3.63, 3.8) is 0 Å². The summed E-state index contributed by atoms with van der Waals surface area (Å²) in [6, 6.07) is 15.2. The van der Waals surface area contributed by atoms with Crippen LogP contribution in [0.25, 0.3) is 0 Å². The van der Waals surface area contributed by atoms with E-state index in [4.69, 9.17) is 5.73 Å². The van der Waals surface area contributed by atoms with Gasteiger partial charge >= 0.3 is 0 Å². The molecule has 0 radical (unpaired) electrons. The summed E-state index contributed by atoms with van der Waals surface area (Å²) in [6.07, 6.45) is 0. The Morgan fingerprint density at radius 1 is 0.667 bits per heavy atom. The van der Waals surface area contributed by atoms with Crippen LogP contribution >= 0.6 is 0 Å². The van der Waals surface area contributed by atoms with Gasteiger partial charge in [-0.05, 0) is 54.0 Å². The third kappa shape index (κ3) is 3.19. The van der Waals surface area contributed by atoms with Crippen molar-refractivity contribution in [2.24, 2.45) is 5.73 Å². The van der Waals surface area contributed by atoms with Crippen molar-refractivity contribution in [1.82, 2.24) is 0 Å². The lowest BCUT2D eigenvalue weighted by Crippen LogP contribution is -2.34. The summed E-state index contributed by atoms with van der Waals surface area (Å²) in [4.78, 5) is 0. The third-order valence-electron chi connectivity index (χ3n) is 4.46. The molecule has 0 spiro atoms. The summed E-state index contributed by atoms with van der Waals surface area (Å²) in [7, 11) is 0. The maximum atomic E-state index is 6.64. The molecular formula is C20H27N. The topological polar surface area (TPSA) is 26.0 Å². The van der Waals surface area contributed by atoms with E-state index < -0.39 is 5.54 Å². The highest BCUT2D eigenvalue weighted by molar-refractivity contribution is 5.42. The minimum absolute atomic E-state index is 0.171. The molecule has 21 heavy (non-hydrogen) atoms. The molecule has 1 atom stereocenters. The lowest BCUT2D eigenvalue weighted by molar-refractivity contribution is 0.582. The molecule has 0 aliphatic rings. The number of hydrogen-bond donors (Lipinski definition) is 1. The monoisotopic (exact) mass is 281 g/mol. The van der Waals surface area contributed by atoms with Gasteiger partial charge in [0.1, 0.15) is 0 Å². The quantitative estimate of drug-likeness (QED) is 0.839. The van der Waals surface area contributed by atoms with E-state index >= 15 is 0 Å². The molecule has 0 aromatic heterocycles. The van der Waals surface area contributed by atoms with Crippen LogP contribution in [0.4, 0.5) is 0 Å². The van der Waals surface area contributed by atoms with Crippen LogP contribution in [0.15, 0.2) is 42.5 Å². The Hall–Kier alpha value is -1.60. The summed E-state index contributed by atoms with van der Waals surface area (Å²) < 4.78 is 0. The van der Waals surface area contributed by atoms with Crippen LogP contribution in [-0.4, -0.2) is 0 Å². The molecule has 0 fully saturated rings. The normalized spacial score (nSPS) is 14.8. The molecular weight excluding hydrogens is 254 g/mol. The van der Waals surface area contributed by atoms with Gasteiger partial charge in [0.05, 0.1) is 5.54 Å². The number of aryl methyl sites for hydroxylation is 2. The molecule has 0 saturated heterocycles. The van der Waals surface area contributed by atoms with Gasteiger partial charge in [-0.25, -0.2) is 0 Å². The van der Waals surface area contributed by atoms with Gasteiger partial charge in [0.2, 0.25) is 0 Å². The van der Waals surface area contributed by atoms with Crippen LogP contribution in [-0.2, 0) is 11.0 Å². The zero-order valence-electron chi connectivity index (χ0n) is 14.1. The van der Waals surface area contributed by atoms with Crippen molar-refractivity contribution < 1.29 is 0 Å². The molecule has 0 amide bonds. The number of nitrogens with two attached hydrogens (primary N) is 1. The summed E-state index contributed by atoms with van der Waals surface area (Å²) in [5.74, 6) is 0. The fourth-order valence-electron chi connectivity index (χ4n) is 2.55. The second-order valence-electron chi connectivity index (χ2n) is 7.33. The number of rotatable bonds is 2. The SMILES string of the molecule is Cc1ccc(C(C)(N)c2ccc(C(C)(C)C)cc2)cc1C. The van der Waals surface area contributed by atoms with Gasteiger partial charge < -0.3 is 5.73 Å². The summed E-state index contributed by atoms with van der Waals surface area (Å²) >= 11 is 0. The van der Waals surface area contributed by atoms with Crippen LogP contribution in [0.5, 0.6) is 0 Å². The fourth-order valence-corrected chi connectivity index (χ4v) is 2.55. The van der Waals surface area contributed by atoms with E-state index in [1.54, 1.807) is 0 Å². The Morgan fingerprint density at radius 2 is 1.14 bits per heavy atom. The zero-order valence-corrected chi connectivity index (χ0v) is 14.1. The first-order valence-electron chi connectivity index (χ1n) is 7.60. The predicted octanol–water partition coefficient (Wildman–Crippen LogP) is 4.82. The number of benzene rings is 2. The molecule has 0 aliphatic carbocycles. The molecule has 112 valence electrons. The van der Waals surface area contributed by atoms with Gasteiger partial charge in [0.15, 0.2) is 0 Å². The number of hydrogen-bond acceptors (Lipinski definition) is 1. The molecule has 0 heterocycles. The molecule has 1 nitrogen and oxygen atoms in total. The minimum Gasteiger partial charge on any atom is -0.318 e. The van der Waals surface area contributed by atoms with Gasteiger partial charge in [0.25, 0.3) is 0 Å². The molecule has 0 bridgehead atoms. The van der Waals surface area contributed by atoms with Crippen LogP contribution in [0.1, 0.15) is 55.5 Å². The van der Waals surface area contributed by atoms with Gasteiger partial charge in [-0.1, -0.05) is 63.2 Å². The van der Waals surface area contributed by atoms with Gasteiger partial charge in [-0.15, -0.1) is 0 Å². The van der Waals surface area contributed by atoms with E-state index in [2.05, 4.69) is 84.0 Å². The second-order valence-corrected chi connectivity index (χ2v) is 7.33. The van der Waals surface area contributed by atoms with Crippen molar-refractivity contribution in [3.05, 3.63) is 70.3 Å². The molecule has 0 saturated carbocycles. The van der Waals surface area contributed by atoms with Crippen LogP contribution < -0.4 is 5.73 Å².